The van der Waals surface area contributed by atoms with E-state index in [0.717, 1.165) is 12.8 Å². The smallest absolute Gasteiger partial charge is 0.331 e. The Morgan fingerprint density at radius 1 is 0.667 bits per heavy atom. The van der Waals surface area contributed by atoms with Crippen molar-refractivity contribution in [3.8, 4) is 11.8 Å². The maximum absolute atomic E-state index is 12.4. The fourth-order valence-corrected chi connectivity index (χ4v) is 5.06. The third-order valence-corrected chi connectivity index (χ3v) is 7.43. The molecule has 2 rings (SSSR count). The molecule has 0 amide bonds. The minimum atomic E-state index is -0.252. The number of aromatic nitrogens is 4. The van der Waals surface area contributed by atoms with E-state index in [2.05, 4.69) is 0 Å². The summed E-state index contributed by atoms with van der Waals surface area (Å²) in [5, 5.41) is 20.2. The Kier molecular flexibility index (Phi) is 11.4. The van der Waals surface area contributed by atoms with Crippen LogP contribution in [0, 0.1) is 10.8 Å². The second kappa shape index (κ2) is 13.8. The summed E-state index contributed by atoms with van der Waals surface area (Å²) < 4.78 is 5.70. The summed E-state index contributed by atoms with van der Waals surface area (Å²) in [7, 11) is 0. The van der Waals surface area contributed by atoms with Crippen LogP contribution in [0.3, 0.4) is 0 Å². The van der Waals surface area contributed by atoms with Crippen LogP contribution in [0.15, 0.2) is 22.0 Å². The van der Waals surface area contributed by atoms with Gasteiger partial charge in [0, 0.05) is 51.9 Å². The molecule has 2 aromatic heterocycles. The van der Waals surface area contributed by atoms with Crippen molar-refractivity contribution in [1.29, 1.82) is 0 Å². The average molecular weight is 549 g/mol. The zero-order chi connectivity index (χ0) is 29.4. The highest BCUT2D eigenvalue weighted by atomic mass is 16.3. The number of imidazole rings is 2. The molecule has 2 N–H and O–H groups in total. The fourth-order valence-electron chi connectivity index (χ4n) is 5.06. The minimum Gasteiger partial charge on any atom is -0.493 e. The molecule has 0 spiro atoms. The Balaban J connectivity index is 1.66. The lowest BCUT2D eigenvalue weighted by Gasteiger charge is -2.25. The summed E-state index contributed by atoms with van der Waals surface area (Å²) >= 11 is 0. The SMILES string of the molecule is CCn1cc(O)n(CC(C)(C)CCCC(=O)CCCC(=O)CCCC(C)(C)Cn2c(O)cn(CC)c2=O)c1=O. The monoisotopic (exact) mass is 548 g/mol. The van der Waals surface area contributed by atoms with Crippen LogP contribution in [0.2, 0.25) is 0 Å². The van der Waals surface area contributed by atoms with E-state index < -0.39 is 0 Å². The molecule has 0 fully saturated rings. The highest BCUT2D eigenvalue weighted by Gasteiger charge is 2.24. The minimum absolute atomic E-state index is 0.0410. The van der Waals surface area contributed by atoms with Crippen molar-refractivity contribution in [2.75, 3.05) is 0 Å². The Morgan fingerprint density at radius 2 is 1.00 bits per heavy atom. The van der Waals surface area contributed by atoms with Crippen molar-refractivity contribution >= 4 is 11.6 Å². The van der Waals surface area contributed by atoms with E-state index in [-0.39, 0.29) is 45.5 Å². The number of hydrogen-bond donors (Lipinski definition) is 2. The van der Waals surface area contributed by atoms with Crippen LogP contribution >= 0.6 is 0 Å². The Bertz CT molecular complexity index is 1130. The topological polar surface area (TPSA) is 128 Å². The van der Waals surface area contributed by atoms with Gasteiger partial charge in [0.1, 0.15) is 11.6 Å². The van der Waals surface area contributed by atoms with Crippen LogP contribution in [0.5, 0.6) is 11.8 Å². The molecule has 0 aliphatic carbocycles. The van der Waals surface area contributed by atoms with Gasteiger partial charge in [-0.2, -0.15) is 0 Å². The predicted molar refractivity (Wildman–Crippen MR) is 151 cm³/mol. The van der Waals surface area contributed by atoms with E-state index in [1.165, 1.54) is 30.7 Å². The predicted octanol–water partition coefficient (Wildman–Crippen LogP) is 4.47. The zero-order valence-electron chi connectivity index (χ0n) is 24.7. The van der Waals surface area contributed by atoms with Gasteiger partial charge in [0.05, 0.1) is 12.4 Å². The summed E-state index contributed by atoms with van der Waals surface area (Å²) in [6.45, 7) is 13.5. The lowest BCUT2D eigenvalue weighted by atomic mass is 9.86. The number of aromatic hydroxyl groups is 2. The van der Waals surface area contributed by atoms with Gasteiger partial charge in [-0.1, -0.05) is 27.7 Å². The van der Waals surface area contributed by atoms with E-state index in [4.69, 9.17) is 0 Å². The summed E-state index contributed by atoms with van der Waals surface area (Å²) in [5.74, 6) is 0.198. The number of aryl methyl sites for hydroxylation is 2. The molecule has 0 aliphatic heterocycles. The largest absolute Gasteiger partial charge is 0.493 e. The molecule has 0 radical (unpaired) electrons. The fraction of sp³-hybridized carbons (Fsp3) is 0.724. The van der Waals surface area contributed by atoms with Gasteiger partial charge in [-0.3, -0.25) is 27.9 Å². The average Bonchev–Trinajstić information content (AvgIpc) is 3.27. The first-order chi connectivity index (χ1) is 18.2. The van der Waals surface area contributed by atoms with E-state index >= 15 is 0 Å². The molecule has 10 nitrogen and oxygen atoms in total. The first-order valence-corrected chi connectivity index (χ1v) is 14.2. The van der Waals surface area contributed by atoms with Gasteiger partial charge >= 0.3 is 11.4 Å². The molecule has 0 aliphatic rings. The maximum atomic E-state index is 12.4. The van der Waals surface area contributed by atoms with Crippen molar-refractivity contribution in [1.82, 2.24) is 18.3 Å². The molecule has 0 saturated heterocycles. The maximum Gasteiger partial charge on any atom is 0.331 e. The highest BCUT2D eigenvalue weighted by Crippen LogP contribution is 2.28. The Hall–Kier alpha value is -3.04. The molecular weight excluding hydrogens is 500 g/mol. The molecule has 2 aromatic rings. The molecule has 0 aromatic carbocycles. The molecule has 2 heterocycles. The Morgan fingerprint density at radius 3 is 1.31 bits per heavy atom. The van der Waals surface area contributed by atoms with Crippen LogP contribution < -0.4 is 11.4 Å². The quantitative estimate of drug-likeness (QED) is 0.283. The summed E-state index contributed by atoms with van der Waals surface area (Å²) in [6.07, 6.45) is 7.96. The van der Waals surface area contributed by atoms with E-state index in [0.29, 0.717) is 71.1 Å². The van der Waals surface area contributed by atoms with Crippen LogP contribution in [-0.2, 0) is 35.8 Å². The van der Waals surface area contributed by atoms with E-state index in [9.17, 15) is 29.4 Å². The molecule has 39 heavy (non-hydrogen) atoms. The number of hydrogen-bond acceptors (Lipinski definition) is 6. The lowest BCUT2D eigenvalue weighted by Crippen LogP contribution is -2.30. The van der Waals surface area contributed by atoms with Crippen molar-refractivity contribution in [3.05, 3.63) is 33.4 Å². The molecule has 0 saturated carbocycles. The molecule has 10 heteroatoms. The lowest BCUT2D eigenvalue weighted by molar-refractivity contribution is -0.120. The number of carbonyl (C=O) groups excluding carboxylic acids is 2. The molecule has 0 unspecified atom stereocenters. The third-order valence-electron chi connectivity index (χ3n) is 7.43. The van der Waals surface area contributed by atoms with E-state index in [1.807, 2.05) is 41.5 Å². The number of rotatable bonds is 18. The van der Waals surface area contributed by atoms with Gasteiger partial charge in [-0.25, -0.2) is 9.59 Å². The van der Waals surface area contributed by atoms with Gasteiger partial charge in [0.25, 0.3) is 0 Å². The number of ketones is 2. The Labute approximate surface area is 231 Å². The van der Waals surface area contributed by atoms with Gasteiger partial charge in [-0.05, 0) is 56.8 Å². The molecular formula is C29H48N4O6. The molecule has 0 bridgehead atoms. The highest BCUT2D eigenvalue weighted by molar-refractivity contribution is 5.81. The first-order valence-electron chi connectivity index (χ1n) is 14.2. The van der Waals surface area contributed by atoms with Crippen LogP contribution in [0.25, 0.3) is 0 Å². The van der Waals surface area contributed by atoms with Crippen molar-refractivity contribution < 1.29 is 19.8 Å². The number of Topliss-reactive ketones (excluding diaryl/α,β-unsaturated/α-hetero) is 2. The normalized spacial score (nSPS) is 12.3. The molecule has 220 valence electrons. The summed E-state index contributed by atoms with van der Waals surface area (Å²) in [6, 6.07) is 0. The van der Waals surface area contributed by atoms with Crippen LogP contribution in [0.1, 0.15) is 99.3 Å². The van der Waals surface area contributed by atoms with Gasteiger partial charge in [0.15, 0.2) is 0 Å². The van der Waals surface area contributed by atoms with Crippen molar-refractivity contribution in [3.63, 3.8) is 0 Å². The first kappa shape index (κ1) is 32.2. The summed E-state index contributed by atoms with van der Waals surface area (Å²) in [4.78, 5) is 49.4. The van der Waals surface area contributed by atoms with Crippen LogP contribution in [-0.4, -0.2) is 40.0 Å². The second-order valence-electron chi connectivity index (χ2n) is 12.3. The van der Waals surface area contributed by atoms with Gasteiger partial charge < -0.3 is 10.2 Å². The molecule has 0 atom stereocenters. The second-order valence-corrected chi connectivity index (χ2v) is 12.3. The van der Waals surface area contributed by atoms with Crippen molar-refractivity contribution in [2.24, 2.45) is 10.8 Å². The number of carbonyl (C=O) groups is 2. The van der Waals surface area contributed by atoms with E-state index in [1.54, 1.807) is 0 Å². The number of nitrogens with zero attached hydrogens (tertiary/aromatic N) is 4. The van der Waals surface area contributed by atoms with Gasteiger partial charge in [-0.15, -0.1) is 0 Å². The van der Waals surface area contributed by atoms with Crippen molar-refractivity contribution in [2.45, 2.75) is 126 Å². The van der Waals surface area contributed by atoms with Gasteiger partial charge in [0.2, 0.25) is 11.8 Å². The third kappa shape index (κ3) is 9.58. The van der Waals surface area contributed by atoms with Crippen LogP contribution in [0.4, 0.5) is 0 Å². The zero-order valence-corrected chi connectivity index (χ0v) is 24.7. The summed E-state index contributed by atoms with van der Waals surface area (Å²) in [5.41, 5.74) is -0.960. The standard InChI is InChI=1S/C29H48N4O6/c1-7-30-18-24(36)32(26(30)38)20-28(3,4)16-10-14-22(34)12-9-13-23(35)15-11-17-29(5,6)21-33-25(37)19-31(8-2)27(33)39/h18-19,36-37H,7-17,20-21H2,1-6H3.